The van der Waals surface area contributed by atoms with Gasteiger partial charge in [0.1, 0.15) is 5.82 Å². The SMILES string of the molecule is CCCOc1ccc(C=Cc2nc3c(c(=O)[nH]2)CN(Cc2ccccc2)CC3)cc1OC. The fraction of sp³-hybridized carbons (Fsp3) is 0.308. The van der Waals surface area contributed by atoms with Crippen molar-refractivity contribution in [3.63, 3.8) is 0 Å². The molecule has 2 aromatic carbocycles. The second-order valence-corrected chi connectivity index (χ2v) is 7.91. The van der Waals surface area contributed by atoms with Gasteiger partial charge in [0.15, 0.2) is 11.5 Å². The van der Waals surface area contributed by atoms with Crippen LogP contribution in [0.25, 0.3) is 12.2 Å². The number of nitrogens with one attached hydrogen (secondary N) is 1. The Kier molecular flexibility index (Phi) is 7.02. The Morgan fingerprint density at radius 1 is 1.12 bits per heavy atom. The third-order valence-electron chi connectivity index (χ3n) is 5.50. The number of hydrogen-bond acceptors (Lipinski definition) is 5. The molecule has 0 fully saturated rings. The summed E-state index contributed by atoms with van der Waals surface area (Å²) in [6.45, 7) is 5.05. The normalized spacial score (nSPS) is 13.8. The Hall–Kier alpha value is -3.38. The molecule has 1 aromatic heterocycles. The molecule has 3 aromatic rings. The Bertz CT molecular complexity index is 1140. The van der Waals surface area contributed by atoms with E-state index in [-0.39, 0.29) is 5.56 Å². The predicted octanol–water partition coefficient (Wildman–Crippen LogP) is 4.30. The van der Waals surface area contributed by atoms with E-state index in [2.05, 4.69) is 28.9 Å². The van der Waals surface area contributed by atoms with Gasteiger partial charge >= 0.3 is 0 Å². The number of nitrogens with zero attached hydrogens (tertiary/aromatic N) is 2. The molecule has 0 amide bonds. The van der Waals surface area contributed by atoms with E-state index in [1.54, 1.807) is 7.11 Å². The average molecular weight is 432 g/mol. The Balaban J connectivity index is 1.48. The zero-order valence-corrected chi connectivity index (χ0v) is 18.6. The number of benzene rings is 2. The number of aromatic nitrogens is 2. The Labute approximate surface area is 188 Å². The first-order chi connectivity index (χ1) is 15.7. The highest BCUT2D eigenvalue weighted by Crippen LogP contribution is 2.29. The van der Waals surface area contributed by atoms with Crippen LogP contribution in [0.5, 0.6) is 11.5 Å². The molecule has 0 atom stereocenters. The molecule has 0 spiro atoms. The highest BCUT2D eigenvalue weighted by Gasteiger charge is 2.20. The standard InChI is InChI=1S/C26H29N3O3/c1-3-15-32-23-11-9-19(16-24(23)31-2)10-12-25-27-22-13-14-29(18-21(22)26(30)28-25)17-20-7-5-4-6-8-20/h4-12,16H,3,13-15,17-18H2,1-2H3,(H,27,28,30). The number of hydrogen-bond donors (Lipinski definition) is 1. The van der Waals surface area contributed by atoms with E-state index in [9.17, 15) is 4.79 Å². The maximum absolute atomic E-state index is 12.7. The van der Waals surface area contributed by atoms with Crippen LogP contribution in [0, 0.1) is 0 Å². The van der Waals surface area contributed by atoms with Crippen molar-refractivity contribution < 1.29 is 9.47 Å². The van der Waals surface area contributed by atoms with E-state index in [1.165, 1.54) is 5.56 Å². The van der Waals surface area contributed by atoms with E-state index in [1.807, 2.05) is 48.6 Å². The quantitative estimate of drug-likeness (QED) is 0.576. The molecule has 1 N–H and O–H groups in total. The minimum atomic E-state index is -0.0618. The first-order valence-electron chi connectivity index (χ1n) is 11.0. The van der Waals surface area contributed by atoms with Crippen molar-refractivity contribution in [3.05, 3.63) is 87.1 Å². The molecule has 1 aliphatic heterocycles. The van der Waals surface area contributed by atoms with E-state index < -0.39 is 0 Å². The van der Waals surface area contributed by atoms with E-state index >= 15 is 0 Å². The predicted molar refractivity (Wildman–Crippen MR) is 127 cm³/mol. The van der Waals surface area contributed by atoms with Crippen molar-refractivity contribution >= 4 is 12.2 Å². The van der Waals surface area contributed by atoms with Crippen molar-refractivity contribution in [3.8, 4) is 11.5 Å². The number of ether oxygens (including phenoxy) is 2. The Morgan fingerprint density at radius 2 is 1.97 bits per heavy atom. The molecule has 0 unspecified atom stereocenters. The fourth-order valence-electron chi connectivity index (χ4n) is 3.85. The molecule has 166 valence electrons. The van der Waals surface area contributed by atoms with Gasteiger partial charge in [0, 0.05) is 26.1 Å². The van der Waals surface area contributed by atoms with E-state index in [4.69, 9.17) is 14.5 Å². The molecule has 0 saturated carbocycles. The van der Waals surface area contributed by atoms with Gasteiger partial charge in [-0.05, 0) is 35.8 Å². The second kappa shape index (κ2) is 10.3. The molecule has 0 radical (unpaired) electrons. The summed E-state index contributed by atoms with van der Waals surface area (Å²) < 4.78 is 11.2. The van der Waals surface area contributed by atoms with Gasteiger partial charge in [-0.2, -0.15) is 0 Å². The summed E-state index contributed by atoms with van der Waals surface area (Å²) in [4.78, 5) is 22.7. The lowest BCUT2D eigenvalue weighted by atomic mass is 10.1. The van der Waals surface area contributed by atoms with Crippen molar-refractivity contribution in [2.75, 3.05) is 20.3 Å². The summed E-state index contributed by atoms with van der Waals surface area (Å²) >= 11 is 0. The van der Waals surface area contributed by atoms with Crippen molar-refractivity contribution in [2.24, 2.45) is 0 Å². The third kappa shape index (κ3) is 5.26. The molecule has 32 heavy (non-hydrogen) atoms. The van der Waals surface area contributed by atoms with Gasteiger partial charge < -0.3 is 14.5 Å². The summed E-state index contributed by atoms with van der Waals surface area (Å²) in [6.07, 6.45) is 5.46. The van der Waals surface area contributed by atoms with Gasteiger partial charge in [0.05, 0.1) is 25.0 Å². The number of H-pyrrole nitrogens is 1. The van der Waals surface area contributed by atoms with E-state index in [0.29, 0.717) is 24.7 Å². The van der Waals surface area contributed by atoms with Gasteiger partial charge in [-0.3, -0.25) is 9.69 Å². The van der Waals surface area contributed by atoms with Crippen LogP contribution in [0.1, 0.15) is 41.6 Å². The van der Waals surface area contributed by atoms with E-state index in [0.717, 1.165) is 48.5 Å². The van der Waals surface area contributed by atoms with Gasteiger partial charge in [0.2, 0.25) is 0 Å². The van der Waals surface area contributed by atoms with Gasteiger partial charge in [0.25, 0.3) is 5.56 Å². The summed E-state index contributed by atoms with van der Waals surface area (Å²) in [5, 5.41) is 0. The number of rotatable bonds is 8. The smallest absolute Gasteiger partial charge is 0.255 e. The number of fused-ring (bicyclic) bond motifs is 1. The van der Waals surface area contributed by atoms with Crippen LogP contribution >= 0.6 is 0 Å². The lowest BCUT2D eigenvalue weighted by molar-refractivity contribution is 0.241. The molecule has 6 heteroatoms. The monoisotopic (exact) mass is 431 g/mol. The van der Waals surface area contributed by atoms with Crippen LogP contribution in [-0.2, 0) is 19.5 Å². The maximum atomic E-state index is 12.7. The molecular weight excluding hydrogens is 402 g/mol. The third-order valence-corrected chi connectivity index (χ3v) is 5.50. The van der Waals surface area contributed by atoms with Crippen LogP contribution in [0.15, 0.2) is 53.3 Å². The van der Waals surface area contributed by atoms with Crippen LogP contribution in [0.2, 0.25) is 0 Å². The summed E-state index contributed by atoms with van der Waals surface area (Å²) in [5.74, 6) is 1.98. The van der Waals surface area contributed by atoms with Crippen molar-refractivity contribution in [2.45, 2.75) is 32.9 Å². The number of aromatic amines is 1. The molecular formula is C26H29N3O3. The first kappa shape index (κ1) is 21.8. The zero-order chi connectivity index (χ0) is 22.3. The number of methoxy groups -OCH3 is 1. The minimum absolute atomic E-state index is 0.0618. The molecule has 4 rings (SSSR count). The molecule has 0 aliphatic carbocycles. The first-order valence-corrected chi connectivity index (χ1v) is 11.0. The lowest BCUT2D eigenvalue weighted by Crippen LogP contribution is -2.35. The largest absolute Gasteiger partial charge is 0.493 e. The van der Waals surface area contributed by atoms with Gasteiger partial charge in [-0.15, -0.1) is 0 Å². The molecule has 1 aliphatic rings. The molecule has 6 nitrogen and oxygen atoms in total. The van der Waals surface area contributed by atoms with Gasteiger partial charge in [-0.25, -0.2) is 4.98 Å². The van der Waals surface area contributed by atoms with Crippen molar-refractivity contribution in [1.29, 1.82) is 0 Å². The zero-order valence-electron chi connectivity index (χ0n) is 18.6. The lowest BCUT2D eigenvalue weighted by Gasteiger charge is -2.27. The highest BCUT2D eigenvalue weighted by molar-refractivity contribution is 5.68. The molecule has 0 saturated heterocycles. The van der Waals surface area contributed by atoms with Gasteiger partial charge in [-0.1, -0.05) is 49.4 Å². The van der Waals surface area contributed by atoms with Crippen LogP contribution in [0.4, 0.5) is 0 Å². The summed E-state index contributed by atoms with van der Waals surface area (Å²) in [7, 11) is 1.63. The maximum Gasteiger partial charge on any atom is 0.255 e. The Morgan fingerprint density at radius 3 is 2.75 bits per heavy atom. The fourth-order valence-corrected chi connectivity index (χ4v) is 3.85. The van der Waals surface area contributed by atoms with Crippen molar-refractivity contribution in [1.82, 2.24) is 14.9 Å². The van der Waals surface area contributed by atoms with Crippen LogP contribution in [0.3, 0.4) is 0 Å². The minimum Gasteiger partial charge on any atom is -0.493 e. The summed E-state index contributed by atoms with van der Waals surface area (Å²) in [5.41, 5.74) is 3.79. The van der Waals surface area contributed by atoms with Crippen LogP contribution < -0.4 is 15.0 Å². The average Bonchev–Trinajstić information content (AvgIpc) is 2.82. The second-order valence-electron chi connectivity index (χ2n) is 7.91. The summed E-state index contributed by atoms with van der Waals surface area (Å²) in [6, 6.07) is 16.1. The molecule has 0 bridgehead atoms. The highest BCUT2D eigenvalue weighted by atomic mass is 16.5. The van der Waals surface area contributed by atoms with Crippen LogP contribution in [-0.4, -0.2) is 35.1 Å². The molecule has 2 heterocycles. The topological polar surface area (TPSA) is 67.5 Å².